The van der Waals surface area contributed by atoms with E-state index in [0.29, 0.717) is 29.9 Å². The standard InChI is InChI=1S/C21H26N2O3/c1-5-14-23-16(4)18(15(3)19(23)21(25)26-6-2)20(24)22-13-12-17-10-8-7-9-11-17/h5,7-11H,1,6,12-14H2,2-4H3,(H,22,24). The number of carbonyl (C=O) groups is 2. The third-order valence-corrected chi connectivity index (χ3v) is 4.32. The van der Waals surface area contributed by atoms with Gasteiger partial charge in [0.25, 0.3) is 5.91 Å². The molecule has 1 heterocycles. The fourth-order valence-corrected chi connectivity index (χ4v) is 3.10. The van der Waals surface area contributed by atoms with E-state index in [1.54, 1.807) is 24.5 Å². The first-order valence-corrected chi connectivity index (χ1v) is 8.81. The van der Waals surface area contributed by atoms with E-state index in [9.17, 15) is 9.59 Å². The van der Waals surface area contributed by atoms with E-state index in [2.05, 4.69) is 11.9 Å². The van der Waals surface area contributed by atoms with Crippen LogP contribution in [-0.2, 0) is 17.7 Å². The molecule has 0 saturated carbocycles. The van der Waals surface area contributed by atoms with Gasteiger partial charge in [-0.2, -0.15) is 0 Å². The molecule has 1 aromatic carbocycles. The summed E-state index contributed by atoms with van der Waals surface area (Å²) in [6.45, 7) is 10.4. The molecule has 2 aromatic rings. The highest BCUT2D eigenvalue weighted by Gasteiger charge is 2.26. The molecule has 1 amide bonds. The molecule has 5 heteroatoms. The van der Waals surface area contributed by atoms with Gasteiger partial charge in [0, 0.05) is 18.8 Å². The second kappa shape index (κ2) is 9.04. The molecule has 0 fully saturated rings. The maximum absolute atomic E-state index is 12.7. The molecule has 1 N–H and O–H groups in total. The van der Waals surface area contributed by atoms with Gasteiger partial charge >= 0.3 is 5.97 Å². The molecule has 0 bridgehead atoms. The number of benzene rings is 1. The molecular formula is C21H26N2O3. The second-order valence-corrected chi connectivity index (χ2v) is 6.05. The summed E-state index contributed by atoms with van der Waals surface area (Å²) >= 11 is 0. The van der Waals surface area contributed by atoms with Crippen LogP contribution in [0.25, 0.3) is 0 Å². The minimum Gasteiger partial charge on any atom is -0.461 e. The van der Waals surface area contributed by atoms with Crippen molar-refractivity contribution in [2.24, 2.45) is 0 Å². The van der Waals surface area contributed by atoms with Crippen molar-refractivity contribution >= 4 is 11.9 Å². The van der Waals surface area contributed by atoms with E-state index in [1.165, 1.54) is 0 Å². The first kappa shape index (κ1) is 19.5. The Morgan fingerprint density at radius 1 is 1.23 bits per heavy atom. The molecule has 0 radical (unpaired) electrons. The summed E-state index contributed by atoms with van der Waals surface area (Å²) in [5, 5.41) is 2.95. The zero-order chi connectivity index (χ0) is 19.1. The van der Waals surface area contributed by atoms with Crippen molar-refractivity contribution in [1.82, 2.24) is 9.88 Å². The van der Waals surface area contributed by atoms with Gasteiger partial charge < -0.3 is 14.6 Å². The molecule has 0 saturated heterocycles. The highest BCUT2D eigenvalue weighted by atomic mass is 16.5. The van der Waals surface area contributed by atoms with Crippen molar-refractivity contribution in [2.75, 3.05) is 13.2 Å². The number of ether oxygens (including phenoxy) is 1. The lowest BCUT2D eigenvalue weighted by molar-refractivity contribution is 0.0513. The highest BCUT2D eigenvalue weighted by Crippen LogP contribution is 2.23. The van der Waals surface area contributed by atoms with E-state index in [0.717, 1.165) is 17.7 Å². The number of carbonyl (C=O) groups excluding carboxylic acids is 2. The maximum Gasteiger partial charge on any atom is 0.355 e. The topological polar surface area (TPSA) is 60.3 Å². The van der Waals surface area contributed by atoms with Gasteiger partial charge in [0.2, 0.25) is 0 Å². The average molecular weight is 354 g/mol. The summed E-state index contributed by atoms with van der Waals surface area (Å²) in [4.78, 5) is 25.1. The Morgan fingerprint density at radius 2 is 1.92 bits per heavy atom. The molecule has 0 aliphatic carbocycles. The highest BCUT2D eigenvalue weighted by molar-refractivity contribution is 6.01. The number of esters is 1. The normalized spacial score (nSPS) is 10.4. The Hall–Kier alpha value is -2.82. The molecule has 0 spiro atoms. The molecular weight excluding hydrogens is 328 g/mol. The predicted molar refractivity (Wildman–Crippen MR) is 103 cm³/mol. The first-order valence-electron chi connectivity index (χ1n) is 8.81. The Balaban J connectivity index is 2.21. The largest absolute Gasteiger partial charge is 0.461 e. The summed E-state index contributed by atoms with van der Waals surface area (Å²) in [7, 11) is 0. The molecule has 26 heavy (non-hydrogen) atoms. The number of allylic oxidation sites excluding steroid dienone is 1. The number of amides is 1. The molecule has 5 nitrogen and oxygen atoms in total. The van der Waals surface area contributed by atoms with Crippen LogP contribution >= 0.6 is 0 Å². The van der Waals surface area contributed by atoms with Crippen molar-refractivity contribution < 1.29 is 14.3 Å². The van der Waals surface area contributed by atoms with Crippen LogP contribution in [-0.4, -0.2) is 29.6 Å². The second-order valence-electron chi connectivity index (χ2n) is 6.05. The summed E-state index contributed by atoms with van der Waals surface area (Å²) in [6.07, 6.45) is 2.45. The van der Waals surface area contributed by atoms with Crippen LogP contribution in [0.15, 0.2) is 43.0 Å². The van der Waals surface area contributed by atoms with E-state index >= 15 is 0 Å². The lowest BCUT2D eigenvalue weighted by Crippen LogP contribution is -2.26. The number of nitrogens with zero attached hydrogens (tertiary/aromatic N) is 1. The number of rotatable bonds is 8. The Kier molecular flexibility index (Phi) is 6.78. The van der Waals surface area contributed by atoms with Crippen LogP contribution in [0.5, 0.6) is 0 Å². The van der Waals surface area contributed by atoms with Crippen LogP contribution < -0.4 is 5.32 Å². The Morgan fingerprint density at radius 3 is 2.54 bits per heavy atom. The van der Waals surface area contributed by atoms with E-state index < -0.39 is 5.97 Å². The molecule has 0 aliphatic heterocycles. The molecule has 0 unspecified atom stereocenters. The SMILES string of the molecule is C=CCn1c(C)c(C(=O)NCCc2ccccc2)c(C)c1C(=O)OCC. The van der Waals surface area contributed by atoms with Gasteiger partial charge in [-0.3, -0.25) is 4.79 Å². The summed E-state index contributed by atoms with van der Waals surface area (Å²) in [6, 6.07) is 9.98. The predicted octanol–water partition coefficient (Wildman–Crippen LogP) is 3.44. The fourth-order valence-electron chi connectivity index (χ4n) is 3.10. The quantitative estimate of drug-likeness (QED) is 0.583. The average Bonchev–Trinajstić information content (AvgIpc) is 2.86. The monoisotopic (exact) mass is 354 g/mol. The zero-order valence-electron chi connectivity index (χ0n) is 15.7. The smallest absolute Gasteiger partial charge is 0.355 e. The summed E-state index contributed by atoms with van der Waals surface area (Å²) in [5.41, 5.74) is 3.49. The maximum atomic E-state index is 12.7. The molecule has 0 atom stereocenters. The van der Waals surface area contributed by atoms with Crippen molar-refractivity contribution in [1.29, 1.82) is 0 Å². The van der Waals surface area contributed by atoms with Crippen LogP contribution in [0.1, 0.15) is 44.6 Å². The fraction of sp³-hybridized carbons (Fsp3) is 0.333. The van der Waals surface area contributed by atoms with Gasteiger partial charge in [0.15, 0.2) is 0 Å². The Labute approximate surface area is 154 Å². The third kappa shape index (κ3) is 4.23. The van der Waals surface area contributed by atoms with E-state index in [1.807, 2.05) is 37.3 Å². The number of nitrogens with one attached hydrogen (secondary N) is 1. The number of hydrogen-bond donors (Lipinski definition) is 1. The van der Waals surface area contributed by atoms with Crippen molar-refractivity contribution in [3.05, 3.63) is 71.1 Å². The minimum atomic E-state index is -0.418. The van der Waals surface area contributed by atoms with Crippen molar-refractivity contribution in [3.8, 4) is 0 Å². The lowest BCUT2D eigenvalue weighted by Gasteiger charge is -2.09. The summed E-state index contributed by atoms with van der Waals surface area (Å²) < 4.78 is 6.94. The first-order chi connectivity index (χ1) is 12.5. The number of aromatic nitrogens is 1. The van der Waals surface area contributed by atoms with Gasteiger partial charge in [-0.1, -0.05) is 36.4 Å². The van der Waals surface area contributed by atoms with Gasteiger partial charge in [0.1, 0.15) is 5.69 Å². The Bertz CT molecular complexity index is 791. The van der Waals surface area contributed by atoms with Crippen LogP contribution in [0.2, 0.25) is 0 Å². The molecule has 138 valence electrons. The van der Waals surface area contributed by atoms with Crippen LogP contribution in [0.4, 0.5) is 0 Å². The van der Waals surface area contributed by atoms with Crippen LogP contribution in [0.3, 0.4) is 0 Å². The van der Waals surface area contributed by atoms with Gasteiger partial charge in [-0.05, 0) is 38.3 Å². The van der Waals surface area contributed by atoms with Crippen molar-refractivity contribution in [3.63, 3.8) is 0 Å². The van der Waals surface area contributed by atoms with E-state index in [-0.39, 0.29) is 12.5 Å². The van der Waals surface area contributed by atoms with Crippen LogP contribution in [0, 0.1) is 13.8 Å². The van der Waals surface area contributed by atoms with Gasteiger partial charge in [-0.25, -0.2) is 4.79 Å². The minimum absolute atomic E-state index is 0.177. The number of hydrogen-bond acceptors (Lipinski definition) is 3. The molecule has 2 rings (SSSR count). The van der Waals surface area contributed by atoms with Gasteiger partial charge in [-0.15, -0.1) is 6.58 Å². The third-order valence-electron chi connectivity index (χ3n) is 4.32. The van der Waals surface area contributed by atoms with E-state index in [4.69, 9.17) is 4.74 Å². The lowest BCUT2D eigenvalue weighted by atomic mass is 10.1. The van der Waals surface area contributed by atoms with Crippen molar-refractivity contribution in [2.45, 2.75) is 33.7 Å². The zero-order valence-corrected chi connectivity index (χ0v) is 15.7. The van der Waals surface area contributed by atoms with Gasteiger partial charge in [0.05, 0.1) is 12.2 Å². The molecule has 0 aliphatic rings. The molecule has 1 aromatic heterocycles. The summed E-state index contributed by atoms with van der Waals surface area (Å²) in [5.74, 6) is -0.595.